The number of aryl methyl sites for hydroxylation is 3. The average molecular weight is 266 g/mol. The topological polar surface area (TPSA) is 56.7 Å². The molecule has 0 bridgehead atoms. The van der Waals surface area contributed by atoms with Crippen molar-refractivity contribution in [2.75, 3.05) is 5.73 Å². The minimum Gasteiger partial charge on any atom is -0.383 e. The Morgan fingerprint density at radius 2 is 1.80 bits per heavy atom. The summed E-state index contributed by atoms with van der Waals surface area (Å²) in [5.74, 6) is 0.541. The van der Waals surface area contributed by atoms with Crippen LogP contribution in [0.4, 0.5) is 5.82 Å². The molecular formula is C16H18N4. The van der Waals surface area contributed by atoms with Gasteiger partial charge in [0.25, 0.3) is 0 Å². The molecule has 3 aromatic rings. The number of fused-ring (bicyclic) bond motifs is 1. The van der Waals surface area contributed by atoms with Crippen LogP contribution >= 0.6 is 0 Å². The van der Waals surface area contributed by atoms with E-state index < -0.39 is 0 Å². The second-order valence-electron chi connectivity index (χ2n) is 5.29. The third kappa shape index (κ3) is 1.68. The largest absolute Gasteiger partial charge is 0.383 e. The van der Waals surface area contributed by atoms with Gasteiger partial charge in [-0.05, 0) is 50.5 Å². The zero-order valence-electron chi connectivity index (χ0n) is 12.2. The number of anilines is 1. The zero-order valence-corrected chi connectivity index (χ0v) is 12.2. The van der Waals surface area contributed by atoms with Gasteiger partial charge in [0, 0.05) is 5.69 Å². The van der Waals surface area contributed by atoms with E-state index in [0.29, 0.717) is 5.82 Å². The first kappa shape index (κ1) is 12.7. The van der Waals surface area contributed by atoms with Gasteiger partial charge >= 0.3 is 0 Å². The van der Waals surface area contributed by atoms with Crippen molar-refractivity contribution in [3.05, 3.63) is 46.9 Å². The van der Waals surface area contributed by atoms with Crippen molar-refractivity contribution in [3.63, 3.8) is 0 Å². The molecule has 1 aromatic carbocycles. The molecule has 2 heterocycles. The normalized spacial score (nSPS) is 11.2. The van der Waals surface area contributed by atoms with Crippen LogP contribution < -0.4 is 5.73 Å². The number of hydrogen-bond acceptors (Lipinski definition) is 3. The maximum Gasteiger partial charge on any atom is 0.150 e. The summed E-state index contributed by atoms with van der Waals surface area (Å²) in [4.78, 5) is 8.55. The molecule has 2 aromatic heterocycles. The van der Waals surface area contributed by atoms with E-state index in [1.807, 2.05) is 0 Å². The molecule has 0 atom stereocenters. The lowest BCUT2D eigenvalue weighted by Gasteiger charge is -2.12. The summed E-state index contributed by atoms with van der Waals surface area (Å²) in [6, 6.07) is 6.44. The predicted molar refractivity (Wildman–Crippen MR) is 82.2 cm³/mol. The summed E-state index contributed by atoms with van der Waals surface area (Å²) in [6.07, 6.45) is 1.53. The van der Waals surface area contributed by atoms with Gasteiger partial charge in [-0.2, -0.15) is 0 Å². The molecule has 0 amide bonds. The summed E-state index contributed by atoms with van der Waals surface area (Å²) in [7, 11) is 0. The van der Waals surface area contributed by atoms with Crippen molar-refractivity contribution >= 4 is 16.9 Å². The molecule has 0 saturated heterocycles. The number of hydrogen-bond donors (Lipinski definition) is 1. The monoisotopic (exact) mass is 266 g/mol. The Labute approximate surface area is 118 Å². The average Bonchev–Trinajstić information content (AvgIpc) is 2.66. The van der Waals surface area contributed by atoms with Crippen LogP contribution in [0.2, 0.25) is 0 Å². The molecule has 0 saturated carbocycles. The first-order valence-corrected chi connectivity index (χ1v) is 6.66. The Morgan fingerprint density at radius 3 is 2.55 bits per heavy atom. The number of aromatic nitrogens is 3. The first-order chi connectivity index (χ1) is 9.50. The Kier molecular flexibility index (Phi) is 2.74. The van der Waals surface area contributed by atoms with Gasteiger partial charge in [0.05, 0.1) is 11.1 Å². The Balaban J connectivity index is 2.46. The molecule has 0 radical (unpaired) electrons. The van der Waals surface area contributed by atoms with E-state index in [1.165, 1.54) is 17.5 Å². The Hall–Kier alpha value is -2.36. The van der Waals surface area contributed by atoms with Crippen molar-refractivity contribution in [3.8, 4) is 5.69 Å². The molecule has 0 aliphatic rings. The lowest BCUT2D eigenvalue weighted by Crippen LogP contribution is -2.01. The van der Waals surface area contributed by atoms with Gasteiger partial charge < -0.3 is 5.73 Å². The van der Waals surface area contributed by atoms with Crippen LogP contribution in [-0.2, 0) is 0 Å². The molecule has 20 heavy (non-hydrogen) atoms. The van der Waals surface area contributed by atoms with Crippen LogP contribution in [0, 0.1) is 27.7 Å². The maximum atomic E-state index is 6.02. The molecule has 0 aliphatic carbocycles. The summed E-state index contributed by atoms with van der Waals surface area (Å²) in [5, 5.41) is 0.950. The standard InChI is InChI=1S/C16H18N4/c1-9-5-6-10(2)13(7-9)20-12(4)11(3)14-15(17)18-8-19-16(14)20/h5-8H,1-4H3,(H2,17,18,19). The van der Waals surface area contributed by atoms with Crippen LogP contribution in [-0.4, -0.2) is 14.5 Å². The fourth-order valence-corrected chi connectivity index (χ4v) is 2.68. The van der Waals surface area contributed by atoms with E-state index >= 15 is 0 Å². The minimum absolute atomic E-state index is 0.541. The van der Waals surface area contributed by atoms with Crippen molar-refractivity contribution in [1.82, 2.24) is 14.5 Å². The summed E-state index contributed by atoms with van der Waals surface area (Å²) in [6.45, 7) is 8.37. The van der Waals surface area contributed by atoms with Crippen LogP contribution in [0.5, 0.6) is 0 Å². The Bertz CT molecular complexity index is 815. The highest BCUT2D eigenvalue weighted by atomic mass is 15.1. The Morgan fingerprint density at radius 1 is 1.05 bits per heavy atom. The van der Waals surface area contributed by atoms with Crippen molar-refractivity contribution in [2.45, 2.75) is 27.7 Å². The summed E-state index contributed by atoms with van der Waals surface area (Å²) < 4.78 is 2.17. The van der Waals surface area contributed by atoms with Crippen molar-refractivity contribution in [1.29, 1.82) is 0 Å². The van der Waals surface area contributed by atoms with E-state index in [-0.39, 0.29) is 0 Å². The maximum absolute atomic E-state index is 6.02. The first-order valence-electron chi connectivity index (χ1n) is 6.66. The van der Waals surface area contributed by atoms with Crippen LogP contribution in [0.1, 0.15) is 22.4 Å². The third-order valence-corrected chi connectivity index (χ3v) is 3.93. The second-order valence-corrected chi connectivity index (χ2v) is 5.29. The molecule has 3 rings (SSSR count). The SMILES string of the molecule is Cc1ccc(C)c(-n2c(C)c(C)c3c(N)ncnc32)c1. The fourth-order valence-electron chi connectivity index (χ4n) is 2.68. The number of nitrogens with two attached hydrogens (primary N) is 1. The molecule has 0 fully saturated rings. The summed E-state index contributed by atoms with van der Waals surface area (Å²) in [5.41, 5.74) is 12.8. The van der Waals surface area contributed by atoms with E-state index in [1.54, 1.807) is 0 Å². The zero-order chi connectivity index (χ0) is 14.4. The van der Waals surface area contributed by atoms with E-state index in [4.69, 9.17) is 5.73 Å². The van der Waals surface area contributed by atoms with E-state index in [2.05, 4.69) is 60.4 Å². The van der Waals surface area contributed by atoms with E-state index in [0.717, 1.165) is 28.0 Å². The second kappa shape index (κ2) is 4.34. The molecule has 4 heteroatoms. The van der Waals surface area contributed by atoms with Gasteiger partial charge in [0.2, 0.25) is 0 Å². The van der Waals surface area contributed by atoms with Gasteiger partial charge in [0.15, 0.2) is 5.65 Å². The highest BCUT2D eigenvalue weighted by molar-refractivity contribution is 5.92. The molecule has 0 aliphatic heterocycles. The lowest BCUT2D eigenvalue weighted by molar-refractivity contribution is 0.999. The van der Waals surface area contributed by atoms with Gasteiger partial charge in [-0.25, -0.2) is 9.97 Å². The third-order valence-electron chi connectivity index (χ3n) is 3.93. The van der Waals surface area contributed by atoms with Gasteiger partial charge in [-0.3, -0.25) is 4.57 Å². The van der Waals surface area contributed by atoms with Crippen LogP contribution in [0.3, 0.4) is 0 Å². The van der Waals surface area contributed by atoms with Gasteiger partial charge in [0.1, 0.15) is 12.1 Å². The summed E-state index contributed by atoms with van der Waals surface area (Å²) >= 11 is 0. The number of nitrogens with zero attached hydrogens (tertiary/aromatic N) is 3. The van der Waals surface area contributed by atoms with Crippen molar-refractivity contribution in [2.24, 2.45) is 0 Å². The molecule has 2 N–H and O–H groups in total. The predicted octanol–water partition coefficient (Wildman–Crippen LogP) is 3.24. The number of benzene rings is 1. The lowest BCUT2D eigenvalue weighted by atomic mass is 10.1. The highest BCUT2D eigenvalue weighted by Crippen LogP contribution is 2.31. The number of nitrogen functional groups attached to an aromatic ring is 1. The smallest absolute Gasteiger partial charge is 0.150 e. The minimum atomic E-state index is 0.541. The highest BCUT2D eigenvalue weighted by Gasteiger charge is 2.17. The van der Waals surface area contributed by atoms with Crippen LogP contribution in [0.15, 0.2) is 24.5 Å². The fraction of sp³-hybridized carbons (Fsp3) is 0.250. The number of rotatable bonds is 1. The van der Waals surface area contributed by atoms with Gasteiger partial charge in [-0.1, -0.05) is 12.1 Å². The quantitative estimate of drug-likeness (QED) is 0.735. The molecular weight excluding hydrogens is 248 g/mol. The van der Waals surface area contributed by atoms with Crippen molar-refractivity contribution < 1.29 is 0 Å². The molecule has 0 spiro atoms. The van der Waals surface area contributed by atoms with E-state index in [9.17, 15) is 0 Å². The van der Waals surface area contributed by atoms with Gasteiger partial charge in [-0.15, -0.1) is 0 Å². The molecule has 0 unspecified atom stereocenters. The van der Waals surface area contributed by atoms with Crippen LogP contribution in [0.25, 0.3) is 16.7 Å². The molecule has 102 valence electrons. The molecule has 4 nitrogen and oxygen atoms in total.